The Morgan fingerprint density at radius 2 is 0.526 bits per heavy atom. The van der Waals surface area contributed by atoms with Gasteiger partial charge in [0, 0.05) is 19.1 Å². The first-order chi connectivity index (χ1) is 18.9. The zero-order valence-corrected chi connectivity index (χ0v) is 24.9. The van der Waals surface area contributed by atoms with Crippen LogP contribution in [0.1, 0.15) is 58.3 Å². The molecule has 0 rings (SSSR count). The molecule has 0 aromatic rings. The predicted octanol–water partition coefficient (Wildman–Crippen LogP) is 4.52. The minimum atomic E-state index is 0.537. The Morgan fingerprint density at radius 3 is 0.789 bits per heavy atom. The van der Waals surface area contributed by atoms with Crippen LogP contribution in [0, 0.1) is 0 Å². The minimum absolute atomic E-state index is 0.537. The molecule has 0 atom stereocenters. The Balaban J connectivity index is 3.01. The Bertz CT molecular complexity index is 373. The number of hydrogen-bond acceptors (Lipinski definition) is 9. The number of halogens is 1. The summed E-state index contributed by atoms with van der Waals surface area (Å²) in [6, 6.07) is 0. The third kappa shape index (κ3) is 35.9. The van der Waals surface area contributed by atoms with Crippen LogP contribution in [-0.4, -0.2) is 125 Å². The molecule has 0 aliphatic rings. The van der Waals surface area contributed by atoms with Crippen LogP contribution < -0.4 is 0 Å². The van der Waals surface area contributed by atoms with Gasteiger partial charge in [0.05, 0.1) is 106 Å². The van der Waals surface area contributed by atoms with Crippen molar-refractivity contribution in [2.45, 2.75) is 58.3 Å². The first-order valence-electron chi connectivity index (χ1n) is 14.7. The van der Waals surface area contributed by atoms with Gasteiger partial charge < -0.3 is 42.6 Å². The molecule has 0 saturated heterocycles. The van der Waals surface area contributed by atoms with Crippen LogP contribution in [0.2, 0.25) is 0 Å². The fraction of sp³-hybridized carbons (Fsp3) is 1.00. The molecule has 0 saturated carbocycles. The van der Waals surface area contributed by atoms with Crippen molar-refractivity contribution in [3.63, 3.8) is 0 Å². The van der Waals surface area contributed by atoms with Gasteiger partial charge in [-0.3, -0.25) is 0 Å². The van der Waals surface area contributed by atoms with Crippen molar-refractivity contribution in [1.29, 1.82) is 0 Å². The van der Waals surface area contributed by atoms with Crippen LogP contribution in [0.25, 0.3) is 0 Å². The molecule has 0 aromatic heterocycles. The molecule has 0 amide bonds. The molecule has 0 aliphatic heterocycles. The van der Waals surface area contributed by atoms with Gasteiger partial charge in [-0.05, 0) is 19.3 Å². The lowest BCUT2D eigenvalue weighted by Crippen LogP contribution is -2.15. The molecule has 38 heavy (non-hydrogen) atoms. The van der Waals surface area contributed by atoms with E-state index in [-0.39, 0.29) is 0 Å². The van der Waals surface area contributed by atoms with E-state index in [9.17, 15) is 0 Å². The summed E-state index contributed by atoms with van der Waals surface area (Å²) >= 11 is 5.65. The number of hydrogen-bond donors (Lipinski definition) is 0. The van der Waals surface area contributed by atoms with Crippen LogP contribution in [-0.2, 0) is 42.6 Å². The van der Waals surface area contributed by atoms with Crippen molar-refractivity contribution in [3.8, 4) is 0 Å². The lowest BCUT2D eigenvalue weighted by molar-refractivity contribution is -0.0250. The van der Waals surface area contributed by atoms with Crippen LogP contribution >= 0.6 is 11.6 Å². The molecule has 9 nitrogen and oxygen atoms in total. The highest BCUT2D eigenvalue weighted by Gasteiger charge is 1.96. The highest BCUT2D eigenvalue weighted by Crippen LogP contribution is 2.01. The molecule has 10 heteroatoms. The largest absolute Gasteiger partial charge is 0.379 e. The quantitative estimate of drug-likeness (QED) is 0.0804. The van der Waals surface area contributed by atoms with Gasteiger partial charge in [-0.2, -0.15) is 0 Å². The molecule has 0 unspecified atom stereocenters. The maximum atomic E-state index is 5.65. The summed E-state index contributed by atoms with van der Waals surface area (Å²) in [5.74, 6) is 0.749. The maximum Gasteiger partial charge on any atom is 0.0701 e. The molecule has 0 fully saturated rings. The van der Waals surface area contributed by atoms with Gasteiger partial charge in [0.2, 0.25) is 0 Å². The molecular formula is C28H57ClO9. The Labute approximate surface area is 237 Å². The van der Waals surface area contributed by atoms with Gasteiger partial charge in [0.15, 0.2) is 0 Å². The fourth-order valence-corrected chi connectivity index (χ4v) is 3.33. The van der Waals surface area contributed by atoms with Crippen molar-refractivity contribution in [1.82, 2.24) is 0 Å². The molecule has 230 valence electrons. The van der Waals surface area contributed by atoms with Crippen LogP contribution in [0.5, 0.6) is 0 Å². The van der Waals surface area contributed by atoms with Gasteiger partial charge >= 0.3 is 0 Å². The fourth-order valence-electron chi connectivity index (χ4n) is 3.14. The number of alkyl halides is 1. The molecule has 0 bridgehead atoms. The summed E-state index contributed by atoms with van der Waals surface area (Å²) in [6.45, 7) is 12.9. The number of unbranched alkanes of at least 4 members (excludes halogenated alkanes) is 6. The zero-order chi connectivity index (χ0) is 27.5. The van der Waals surface area contributed by atoms with E-state index >= 15 is 0 Å². The lowest BCUT2D eigenvalue weighted by atomic mass is 10.2. The highest BCUT2D eigenvalue weighted by atomic mass is 35.5. The van der Waals surface area contributed by atoms with E-state index in [1.54, 1.807) is 0 Å². The molecule has 0 aliphatic carbocycles. The second kappa shape index (κ2) is 36.9. The zero-order valence-electron chi connectivity index (χ0n) is 24.1. The van der Waals surface area contributed by atoms with Gasteiger partial charge in [0.1, 0.15) is 0 Å². The normalized spacial score (nSPS) is 11.5. The predicted molar refractivity (Wildman–Crippen MR) is 151 cm³/mol. The molecule has 0 spiro atoms. The molecule has 0 N–H and O–H groups in total. The topological polar surface area (TPSA) is 83.1 Å². The second-order valence-corrected chi connectivity index (χ2v) is 9.05. The Morgan fingerprint density at radius 1 is 0.289 bits per heavy atom. The van der Waals surface area contributed by atoms with E-state index in [1.165, 1.54) is 32.1 Å². The van der Waals surface area contributed by atoms with Crippen molar-refractivity contribution < 1.29 is 42.6 Å². The second-order valence-electron chi connectivity index (χ2n) is 8.68. The van der Waals surface area contributed by atoms with Crippen LogP contribution in [0.3, 0.4) is 0 Å². The van der Waals surface area contributed by atoms with E-state index in [4.69, 9.17) is 54.2 Å². The van der Waals surface area contributed by atoms with Crippen molar-refractivity contribution in [3.05, 3.63) is 0 Å². The van der Waals surface area contributed by atoms with E-state index in [1.807, 2.05) is 0 Å². The SMILES string of the molecule is CCCCCCOCCOCCOCCOCCOCCOCCOCCOCCOCCCCCCCl. The third-order valence-corrected chi connectivity index (χ3v) is 5.56. The van der Waals surface area contributed by atoms with E-state index < -0.39 is 0 Å². The van der Waals surface area contributed by atoms with Crippen LogP contribution in [0.4, 0.5) is 0 Å². The summed E-state index contributed by atoms with van der Waals surface area (Å²) in [5.41, 5.74) is 0. The summed E-state index contributed by atoms with van der Waals surface area (Å²) in [6.07, 6.45) is 9.44. The maximum absolute atomic E-state index is 5.65. The summed E-state index contributed by atoms with van der Waals surface area (Å²) in [5, 5.41) is 0. The summed E-state index contributed by atoms with van der Waals surface area (Å²) in [4.78, 5) is 0. The van der Waals surface area contributed by atoms with Gasteiger partial charge in [-0.1, -0.05) is 39.0 Å². The molecule has 0 heterocycles. The standard InChI is InChI=1S/C28H57ClO9/c1-2-3-4-8-11-30-13-15-32-17-19-34-21-23-36-25-27-38-28-26-37-24-22-35-20-18-33-16-14-31-12-9-6-5-7-10-29/h2-28H2,1H3. The van der Waals surface area contributed by atoms with Crippen molar-refractivity contribution in [2.75, 3.05) is 125 Å². The van der Waals surface area contributed by atoms with E-state index in [0.29, 0.717) is 106 Å². The summed E-state index contributed by atoms with van der Waals surface area (Å²) < 4.78 is 49.4. The average Bonchev–Trinajstić information content (AvgIpc) is 2.93. The Hall–Kier alpha value is -0.0700. The van der Waals surface area contributed by atoms with Gasteiger partial charge in [-0.25, -0.2) is 0 Å². The van der Waals surface area contributed by atoms with Crippen molar-refractivity contribution in [2.24, 2.45) is 0 Å². The lowest BCUT2D eigenvalue weighted by Gasteiger charge is -2.09. The molecule has 0 aromatic carbocycles. The molecule has 0 radical (unpaired) electrons. The first-order valence-corrected chi connectivity index (χ1v) is 15.2. The van der Waals surface area contributed by atoms with Crippen LogP contribution in [0.15, 0.2) is 0 Å². The summed E-state index contributed by atoms with van der Waals surface area (Å²) in [7, 11) is 0. The van der Waals surface area contributed by atoms with Crippen molar-refractivity contribution >= 4 is 11.6 Å². The number of rotatable bonds is 35. The smallest absolute Gasteiger partial charge is 0.0701 e. The molecular weight excluding hydrogens is 516 g/mol. The van der Waals surface area contributed by atoms with Gasteiger partial charge in [0.25, 0.3) is 0 Å². The minimum Gasteiger partial charge on any atom is -0.379 e. The monoisotopic (exact) mass is 572 g/mol. The average molecular weight is 573 g/mol. The first kappa shape index (κ1) is 37.9. The Kier molecular flexibility index (Phi) is 36.9. The van der Waals surface area contributed by atoms with E-state index in [2.05, 4.69) is 6.92 Å². The van der Waals surface area contributed by atoms with E-state index in [0.717, 1.165) is 38.4 Å². The number of ether oxygens (including phenoxy) is 9. The highest BCUT2D eigenvalue weighted by molar-refractivity contribution is 6.17. The van der Waals surface area contributed by atoms with Gasteiger partial charge in [-0.15, -0.1) is 11.6 Å². The third-order valence-electron chi connectivity index (χ3n) is 5.29.